The van der Waals surface area contributed by atoms with Crippen LogP contribution in [0.2, 0.25) is 0 Å². The zero-order valence-electron chi connectivity index (χ0n) is 23.4. The normalized spacial score (nSPS) is 21.5. The summed E-state index contributed by atoms with van der Waals surface area (Å²) in [5, 5.41) is 0. The van der Waals surface area contributed by atoms with Crippen molar-refractivity contribution in [1.29, 1.82) is 0 Å². The standard InChI is InChI=1S/C36H38BF3/c1-2-3-4-5-24-6-8-25(9-7-24)26-10-14-28(15-11-26)32-20-18-30(22-34(32)38)27-12-16-29(17-13-27)33-21-19-31(23-37)35(39)36(33)40/h2-3,12-14,16-22,24-26H,4-11,15,23H2,1H3/b3-2+. The van der Waals surface area contributed by atoms with Crippen molar-refractivity contribution in [3.8, 4) is 22.3 Å². The molecule has 206 valence electrons. The molecule has 5 rings (SSSR count). The van der Waals surface area contributed by atoms with Crippen LogP contribution in [-0.2, 0) is 6.32 Å². The van der Waals surface area contributed by atoms with Crippen molar-refractivity contribution in [3.05, 3.63) is 101 Å². The maximum atomic E-state index is 15.3. The molecular weight excluding hydrogens is 500 g/mol. The number of benzene rings is 3. The molecule has 1 unspecified atom stereocenters. The molecule has 1 atom stereocenters. The molecule has 40 heavy (non-hydrogen) atoms. The Bertz CT molecular complexity index is 1360. The Kier molecular flexibility index (Phi) is 9.34. The minimum Gasteiger partial charge on any atom is -0.206 e. The van der Waals surface area contributed by atoms with Crippen LogP contribution in [0.25, 0.3) is 27.8 Å². The fourth-order valence-electron chi connectivity index (χ4n) is 6.74. The van der Waals surface area contributed by atoms with Crippen molar-refractivity contribution < 1.29 is 13.2 Å². The third-order valence-corrected chi connectivity index (χ3v) is 9.21. The predicted octanol–water partition coefficient (Wildman–Crippen LogP) is 10.5. The summed E-state index contributed by atoms with van der Waals surface area (Å²) in [6, 6.07) is 15.6. The molecule has 2 aliphatic rings. The molecule has 3 aromatic rings. The molecule has 0 bridgehead atoms. The van der Waals surface area contributed by atoms with Crippen molar-refractivity contribution in [2.75, 3.05) is 0 Å². The van der Waals surface area contributed by atoms with E-state index in [4.69, 9.17) is 7.85 Å². The van der Waals surface area contributed by atoms with Gasteiger partial charge in [0, 0.05) is 11.1 Å². The second-order valence-corrected chi connectivity index (χ2v) is 11.6. The highest BCUT2D eigenvalue weighted by molar-refractivity contribution is 6.08. The van der Waals surface area contributed by atoms with E-state index in [9.17, 15) is 8.78 Å². The fraction of sp³-hybridized carbons (Fsp3) is 0.389. The van der Waals surface area contributed by atoms with Gasteiger partial charge >= 0.3 is 0 Å². The molecule has 1 fully saturated rings. The zero-order chi connectivity index (χ0) is 28.1. The van der Waals surface area contributed by atoms with Gasteiger partial charge in [0.15, 0.2) is 11.6 Å². The van der Waals surface area contributed by atoms with E-state index in [2.05, 4.69) is 25.2 Å². The van der Waals surface area contributed by atoms with Gasteiger partial charge in [-0.1, -0.05) is 85.9 Å². The van der Waals surface area contributed by atoms with E-state index in [1.807, 2.05) is 24.3 Å². The topological polar surface area (TPSA) is 0 Å². The summed E-state index contributed by atoms with van der Waals surface area (Å²) < 4.78 is 44.1. The van der Waals surface area contributed by atoms with Gasteiger partial charge in [0.05, 0.1) is 7.85 Å². The molecule has 0 N–H and O–H groups in total. The molecule has 0 nitrogen and oxygen atoms in total. The number of hydrogen-bond acceptors (Lipinski definition) is 0. The molecule has 0 aliphatic heterocycles. The lowest BCUT2D eigenvalue weighted by molar-refractivity contribution is 0.190. The first-order valence-corrected chi connectivity index (χ1v) is 14.9. The van der Waals surface area contributed by atoms with Crippen LogP contribution in [0.5, 0.6) is 0 Å². The number of rotatable bonds is 8. The van der Waals surface area contributed by atoms with Crippen LogP contribution in [0.1, 0.15) is 75.8 Å². The van der Waals surface area contributed by atoms with Gasteiger partial charge in [0.2, 0.25) is 0 Å². The lowest BCUT2D eigenvalue weighted by Crippen LogP contribution is -2.23. The minimum atomic E-state index is -0.909. The van der Waals surface area contributed by atoms with Gasteiger partial charge in [-0.3, -0.25) is 0 Å². The van der Waals surface area contributed by atoms with Gasteiger partial charge in [-0.2, -0.15) is 0 Å². The van der Waals surface area contributed by atoms with Crippen LogP contribution in [0.15, 0.2) is 72.8 Å². The third kappa shape index (κ3) is 6.32. The lowest BCUT2D eigenvalue weighted by atomic mass is 9.70. The van der Waals surface area contributed by atoms with Crippen molar-refractivity contribution in [2.45, 2.75) is 71.0 Å². The van der Waals surface area contributed by atoms with Crippen LogP contribution in [0.4, 0.5) is 13.2 Å². The molecule has 0 aromatic heterocycles. The Hall–Kier alpha value is -3.01. The van der Waals surface area contributed by atoms with Gasteiger partial charge in [0.1, 0.15) is 5.82 Å². The lowest BCUT2D eigenvalue weighted by Gasteiger charge is -2.35. The molecule has 4 heteroatoms. The smallest absolute Gasteiger partial charge is 0.166 e. The van der Waals surface area contributed by atoms with Crippen molar-refractivity contribution in [2.24, 2.45) is 17.8 Å². The van der Waals surface area contributed by atoms with Crippen molar-refractivity contribution in [3.63, 3.8) is 0 Å². The van der Waals surface area contributed by atoms with Crippen LogP contribution in [0.3, 0.4) is 0 Å². The number of halogens is 3. The highest BCUT2D eigenvalue weighted by atomic mass is 19.2. The zero-order valence-corrected chi connectivity index (χ0v) is 23.4. The summed E-state index contributed by atoms with van der Waals surface area (Å²) in [6.07, 6.45) is 17.7. The summed E-state index contributed by atoms with van der Waals surface area (Å²) in [6.45, 7) is 2.10. The van der Waals surface area contributed by atoms with Crippen molar-refractivity contribution >= 4 is 13.4 Å². The average Bonchev–Trinajstić information content (AvgIpc) is 2.99. The Morgan fingerprint density at radius 3 is 2.12 bits per heavy atom. The molecule has 3 aromatic carbocycles. The van der Waals surface area contributed by atoms with Gasteiger partial charge in [0.25, 0.3) is 0 Å². The summed E-state index contributed by atoms with van der Waals surface area (Å²) in [5.74, 6) is 0.409. The van der Waals surface area contributed by atoms with E-state index in [0.29, 0.717) is 11.1 Å². The van der Waals surface area contributed by atoms with E-state index in [-0.39, 0.29) is 23.3 Å². The minimum absolute atomic E-state index is 0.0561. The fourth-order valence-corrected chi connectivity index (χ4v) is 6.74. The largest absolute Gasteiger partial charge is 0.206 e. The molecule has 0 saturated heterocycles. The second kappa shape index (κ2) is 13.1. The highest BCUT2D eigenvalue weighted by Crippen LogP contribution is 2.42. The Morgan fingerprint density at radius 1 is 0.775 bits per heavy atom. The van der Waals surface area contributed by atoms with E-state index in [0.717, 1.165) is 53.7 Å². The van der Waals surface area contributed by atoms with E-state index < -0.39 is 11.6 Å². The molecule has 0 heterocycles. The van der Waals surface area contributed by atoms with Crippen LogP contribution in [-0.4, -0.2) is 7.85 Å². The predicted molar refractivity (Wildman–Crippen MR) is 161 cm³/mol. The Balaban J connectivity index is 1.22. The van der Waals surface area contributed by atoms with Crippen LogP contribution < -0.4 is 0 Å². The highest BCUT2D eigenvalue weighted by Gasteiger charge is 2.29. The Morgan fingerprint density at radius 2 is 1.48 bits per heavy atom. The number of hydrogen-bond donors (Lipinski definition) is 0. The maximum Gasteiger partial charge on any atom is 0.166 e. The van der Waals surface area contributed by atoms with E-state index >= 15 is 4.39 Å². The van der Waals surface area contributed by atoms with E-state index in [1.165, 1.54) is 44.6 Å². The molecule has 2 radical (unpaired) electrons. The summed E-state index contributed by atoms with van der Waals surface area (Å²) >= 11 is 0. The molecule has 0 amide bonds. The monoisotopic (exact) mass is 538 g/mol. The molecule has 2 aliphatic carbocycles. The first kappa shape index (κ1) is 28.5. The van der Waals surface area contributed by atoms with E-state index in [1.54, 1.807) is 24.3 Å². The Labute approximate surface area is 238 Å². The molecular formula is C36H38BF3. The quantitative estimate of drug-likeness (QED) is 0.198. The first-order chi connectivity index (χ1) is 19.5. The first-order valence-electron chi connectivity index (χ1n) is 14.9. The summed E-state index contributed by atoms with van der Waals surface area (Å²) in [5.41, 5.74) is 4.30. The molecule has 0 spiro atoms. The molecule has 1 saturated carbocycles. The van der Waals surface area contributed by atoms with Crippen LogP contribution in [0, 0.1) is 35.2 Å². The SMILES string of the molecule is [B]Cc1ccc(-c2ccc(-c3ccc(C4=CCC(C5CCC(CC/C=C/C)CC5)CC4)c(F)c3)cc2)c(F)c1F. The van der Waals surface area contributed by atoms with Crippen LogP contribution >= 0.6 is 0 Å². The summed E-state index contributed by atoms with van der Waals surface area (Å²) in [7, 11) is 5.48. The maximum absolute atomic E-state index is 15.3. The van der Waals surface area contributed by atoms with Gasteiger partial charge < -0.3 is 0 Å². The van der Waals surface area contributed by atoms with Gasteiger partial charge in [-0.15, -0.1) is 0 Å². The number of allylic oxidation sites excluding steroid dienone is 4. The second-order valence-electron chi connectivity index (χ2n) is 11.6. The summed E-state index contributed by atoms with van der Waals surface area (Å²) in [4.78, 5) is 0. The van der Waals surface area contributed by atoms with Gasteiger partial charge in [-0.25, -0.2) is 13.2 Å². The van der Waals surface area contributed by atoms with Gasteiger partial charge in [-0.05, 0) is 104 Å². The third-order valence-electron chi connectivity index (χ3n) is 9.21. The average molecular weight is 539 g/mol. The van der Waals surface area contributed by atoms with Crippen molar-refractivity contribution in [1.82, 2.24) is 0 Å².